The van der Waals surface area contributed by atoms with Gasteiger partial charge in [-0.15, -0.1) is 0 Å². The highest BCUT2D eigenvalue weighted by molar-refractivity contribution is 7.89. The fourth-order valence-electron chi connectivity index (χ4n) is 5.67. The van der Waals surface area contributed by atoms with Crippen molar-refractivity contribution in [2.45, 2.75) is 94.4 Å². The van der Waals surface area contributed by atoms with Crippen LogP contribution in [0.5, 0.6) is 0 Å². The fraction of sp³-hybridized carbons (Fsp3) is 0.643. The van der Waals surface area contributed by atoms with Crippen molar-refractivity contribution in [2.75, 3.05) is 19.8 Å². The third kappa shape index (κ3) is 6.74. The Labute approximate surface area is 224 Å². The molecule has 2 aromatic rings. The maximum Gasteiger partial charge on any atom is 0.242 e. The molecule has 9 heteroatoms. The van der Waals surface area contributed by atoms with Crippen molar-refractivity contribution < 1.29 is 21.9 Å². The number of sulfonamides is 1. The summed E-state index contributed by atoms with van der Waals surface area (Å²) in [6, 6.07) is 7.14. The number of rotatable bonds is 8. The Balaban J connectivity index is 1.75. The van der Waals surface area contributed by atoms with Gasteiger partial charge in [0, 0.05) is 42.6 Å². The number of nitrogens with one attached hydrogen (secondary N) is 1. The first-order valence-electron chi connectivity index (χ1n) is 13.5. The van der Waals surface area contributed by atoms with Gasteiger partial charge in [0.25, 0.3) is 0 Å². The Morgan fingerprint density at radius 3 is 2.35 bits per heavy atom. The summed E-state index contributed by atoms with van der Waals surface area (Å²) in [6.45, 7) is 10.4. The lowest BCUT2D eigenvalue weighted by Crippen LogP contribution is -2.32. The Bertz CT molecular complexity index is 1220. The zero-order chi connectivity index (χ0) is 26.8. The van der Waals surface area contributed by atoms with Crippen molar-refractivity contribution in [3.05, 3.63) is 35.5 Å². The molecule has 1 atom stereocenters. The standard InChI is InChI=1S/C28H42N2O5S2/c1-20-27(37(33,34)29-18-21-12-14-35-15-13-21)17-25(30(20)19-22-8-6-5-7-9-22)23-10-11-26(36(31)32)24(16-23)28(2,3)4/h10-11,16-17,21-22,29H,5-9,12-15,18-19H2,1-4H3,(H,31,32)/p-1. The lowest BCUT2D eigenvalue weighted by Gasteiger charge is -2.26. The van der Waals surface area contributed by atoms with Crippen LogP contribution in [0.3, 0.4) is 0 Å². The molecule has 2 heterocycles. The number of aromatic nitrogens is 1. The third-order valence-electron chi connectivity index (χ3n) is 7.94. The van der Waals surface area contributed by atoms with Gasteiger partial charge in [-0.25, -0.2) is 13.1 Å². The largest absolute Gasteiger partial charge is 0.768 e. The maximum atomic E-state index is 13.5. The van der Waals surface area contributed by atoms with E-state index in [-0.39, 0.29) is 16.2 Å². The van der Waals surface area contributed by atoms with Gasteiger partial charge in [0.05, 0.1) is 0 Å². The first-order valence-corrected chi connectivity index (χ1v) is 16.0. The van der Waals surface area contributed by atoms with Gasteiger partial charge >= 0.3 is 0 Å². The second-order valence-corrected chi connectivity index (χ2v) is 14.3. The molecule has 1 aliphatic heterocycles. The van der Waals surface area contributed by atoms with Crippen LogP contribution in [0, 0.1) is 18.8 Å². The highest BCUT2D eigenvalue weighted by Crippen LogP contribution is 2.36. The molecular formula is C28H41N2O5S2-. The summed E-state index contributed by atoms with van der Waals surface area (Å²) in [5, 5.41) is 0. The summed E-state index contributed by atoms with van der Waals surface area (Å²) < 4.78 is 61.3. The van der Waals surface area contributed by atoms with Crippen LogP contribution in [0.25, 0.3) is 11.3 Å². The first kappa shape index (κ1) is 28.5. The van der Waals surface area contributed by atoms with Crippen LogP contribution in [0.15, 0.2) is 34.1 Å². The second-order valence-electron chi connectivity index (χ2n) is 11.7. The highest BCUT2D eigenvalue weighted by atomic mass is 32.2. The van der Waals surface area contributed by atoms with Gasteiger partial charge in [-0.3, -0.25) is 4.21 Å². The third-order valence-corrected chi connectivity index (χ3v) is 10.2. The molecule has 2 aliphatic rings. The summed E-state index contributed by atoms with van der Waals surface area (Å²) in [6.07, 6.45) is 7.67. The SMILES string of the molecule is Cc1c(S(=O)(=O)NCC2CCOCC2)cc(-c2ccc(S(=O)[O-])c(C(C)(C)C)c2)n1CC1CCCCC1. The smallest absolute Gasteiger partial charge is 0.242 e. The number of ether oxygens (including phenoxy) is 1. The predicted octanol–water partition coefficient (Wildman–Crippen LogP) is 5.28. The first-order chi connectivity index (χ1) is 17.5. The van der Waals surface area contributed by atoms with Gasteiger partial charge in [-0.2, -0.15) is 0 Å². The molecule has 2 fully saturated rings. The van der Waals surface area contributed by atoms with Gasteiger partial charge in [0.15, 0.2) is 0 Å². The zero-order valence-corrected chi connectivity index (χ0v) is 24.2. The molecule has 0 spiro atoms. The van der Waals surface area contributed by atoms with Crippen LogP contribution in [-0.4, -0.2) is 41.5 Å². The zero-order valence-electron chi connectivity index (χ0n) is 22.5. The number of hydrogen-bond acceptors (Lipinski definition) is 5. The van der Waals surface area contributed by atoms with Crippen molar-refractivity contribution in [1.82, 2.24) is 9.29 Å². The van der Waals surface area contributed by atoms with E-state index < -0.39 is 21.1 Å². The van der Waals surface area contributed by atoms with Crippen LogP contribution in [-0.2, 0) is 37.8 Å². The molecule has 0 radical (unpaired) electrons. The van der Waals surface area contributed by atoms with Crippen molar-refractivity contribution in [1.29, 1.82) is 0 Å². The Morgan fingerprint density at radius 2 is 1.73 bits per heavy atom. The molecule has 7 nitrogen and oxygen atoms in total. The van der Waals surface area contributed by atoms with E-state index in [0.29, 0.717) is 30.6 Å². The monoisotopic (exact) mass is 549 g/mol. The minimum absolute atomic E-state index is 0.280. The average Bonchev–Trinajstić information content (AvgIpc) is 3.20. The lowest BCUT2D eigenvalue weighted by atomic mass is 9.85. The molecule has 1 aromatic heterocycles. The summed E-state index contributed by atoms with van der Waals surface area (Å²) >= 11 is -2.35. The number of hydrogen-bond donors (Lipinski definition) is 1. The van der Waals surface area contributed by atoms with E-state index in [1.54, 1.807) is 18.2 Å². The summed E-state index contributed by atoms with van der Waals surface area (Å²) in [5.41, 5.74) is 2.73. The molecule has 37 heavy (non-hydrogen) atoms. The molecule has 1 N–H and O–H groups in total. The topological polar surface area (TPSA) is 100 Å². The van der Waals surface area contributed by atoms with Crippen molar-refractivity contribution in [3.63, 3.8) is 0 Å². The Kier molecular flexibility index (Phi) is 9.01. The molecule has 1 aromatic carbocycles. The molecule has 0 amide bonds. The highest BCUT2D eigenvalue weighted by Gasteiger charge is 2.28. The van der Waals surface area contributed by atoms with Crippen molar-refractivity contribution in [3.8, 4) is 11.3 Å². The van der Waals surface area contributed by atoms with Crippen molar-refractivity contribution in [2.24, 2.45) is 11.8 Å². The molecule has 1 saturated heterocycles. The predicted molar refractivity (Wildman–Crippen MR) is 146 cm³/mol. The minimum atomic E-state index is -3.71. The van der Waals surface area contributed by atoms with Gasteiger partial charge in [0.2, 0.25) is 10.0 Å². The fourth-order valence-corrected chi connectivity index (χ4v) is 7.77. The van der Waals surface area contributed by atoms with Crippen LogP contribution in [0.4, 0.5) is 0 Å². The summed E-state index contributed by atoms with van der Waals surface area (Å²) in [4.78, 5) is 0.587. The quantitative estimate of drug-likeness (QED) is 0.451. The molecule has 1 saturated carbocycles. The Morgan fingerprint density at radius 1 is 1.05 bits per heavy atom. The normalized spacial score (nSPS) is 19.3. The van der Waals surface area contributed by atoms with Gasteiger partial charge < -0.3 is 13.9 Å². The van der Waals surface area contributed by atoms with Crippen molar-refractivity contribution >= 4 is 21.1 Å². The maximum absolute atomic E-state index is 13.5. The van der Waals surface area contributed by atoms with Gasteiger partial charge in [-0.1, -0.05) is 46.1 Å². The van der Waals surface area contributed by atoms with Crippen LogP contribution < -0.4 is 4.72 Å². The molecular weight excluding hydrogens is 508 g/mol. The van der Waals surface area contributed by atoms with E-state index in [9.17, 15) is 17.2 Å². The van der Waals surface area contributed by atoms with Crippen LogP contribution >= 0.6 is 0 Å². The van der Waals surface area contributed by atoms with E-state index in [1.165, 1.54) is 19.3 Å². The van der Waals surface area contributed by atoms with E-state index in [0.717, 1.165) is 54.7 Å². The second kappa shape index (κ2) is 11.7. The van der Waals surface area contributed by atoms with E-state index in [4.69, 9.17) is 4.74 Å². The van der Waals surface area contributed by atoms with Crippen LogP contribution in [0.2, 0.25) is 0 Å². The van der Waals surface area contributed by atoms with Crippen LogP contribution in [0.1, 0.15) is 77.0 Å². The molecule has 1 aliphatic carbocycles. The average molecular weight is 550 g/mol. The number of nitrogens with zero attached hydrogens (tertiary/aromatic N) is 1. The summed E-state index contributed by atoms with van der Waals surface area (Å²) in [5.74, 6) is 0.780. The van der Waals surface area contributed by atoms with E-state index in [1.807, 2.05) is 33.8 Å². The Hall–Kier alpha value is -1.52. The molecule has 1 unspecified atom stereocenters. The van der Waals surface area contributed by atoms with Gasteiger partial charge in [-0.05, 0) is 90.3 Å². The van der Waals surface area contributed by atoms with E-state index >= 15 is 0 Å². The summed E-state index contributed by atoms with van der Waals surface area (Å²) in [7, 11) is -3.71. The minimum Gasteiger partial charge on any atom is -0.768 e. The molecule has 4 rings (SSSR count). The number of benzene rings is 1. The van der Waals surface area contributed by atoms with Gasteiger partial charge in [0.1, 0.15) is 4.90 Å². The molecule has 206 valence electrons. The lowest BCUT2D eigenvalue weighted by molar-refractivity contribution is 0.0678. The molecule has 0 bridgehead atoms. The van der Waals surface area contributed by atoms with E-state index in [2.05, 4.69) is 9.29 Å².